The van der Waals surface area contributed by atoms with Gasteiger partial charge in [0.2, 0.25) is 0 Å². The summed E-state index contributed by atoms with van der Waals surface area (Å²) in [6.07, 6.45) is 0. The van der Waals surface area contributed by atoms with Gasteiger partial charge in [0.15, 0.2) is 0 Å². The van der Waals surface area contributed by atoms with Gasteiger partial charge in [-0.3, -0.25) is 9.59 Å². The monoisotopic (exact) mass is 1280 g/mol. The molecule has 0 saturated heterocycles. The standard InChI is InChI=1S/8C6H7NO.4Rh/c8*1-5-3-2-4-6(8)7-5;;;;/h8*2-4H,1H3,(H,7,8);;;;/q;;;;;;;;4*+2/p-6. The fourth-order valence-corrected chi connectivity index (χ4v) is 4.17. The Bertz CT molecular complexity index is 2450. The van der Waals surface area contributed by atoms with E-state index in [4.69, 9.17) is 9.59 Å². The first kappa shape index (κ1) is 68.7. The molecule has 16 nitrogen and oxygen atoms in total. The number of hydrogen-bond donors (Lipinski definition) is 0. The van der Waals surface area contributed by atoms with Gasteiger partial charge in [0, 0.05) is 12.1 Å². The van der Waals surface area contributed by atoms with Crippen molar-refractivity contribution in [3.8, 4) is 0 Å². The van der Waals surface area contributed by atoms with E-state index in [1.54, 1.807) is 139 Å². The first-order valence-corrected chi connectivity index (χ1v) is 19.2. The minimum Gasteiger partial charge on any atom is -0.627 e. The molecule has 0 aliphatic heterocycles. The largest absolute Gasteiger partial charge is 2.00 e. The van der Waals surface area contributed by atoms with Gasteiger partial charge in [-0.25, -0.2) is 0 Å². The molecule has 364 valence electrons. The van der Waals surface area contributed by atoms with Gasteiger partial charge in [-0.15, -0.1) is 0 Å². The van der Waals surface area contributed by atoms with Crippen molar-refractivity contribution in [2.24, 2.45) is 0 Å². The summed E-state index contributed by atoms with van der Waals surface area (Å²) >= 11 is 0. The summed E-state index contributed by atoms with van der Waals surface area (Å²) in [5.41, 5.74) is 5.53. The Labute approximate surface area is 443 Å². The zero-order chi connectivity index (χ0) is 47.9. The smallest absolute Gasteiger partial charge is 0.627 e. The van der Waals surface area contributed by atoms with Gasteiger partial charge < -0.3 is 68.6 Å². The molecule has 0 unspecified atom stereocenters. The maximum absolute atomic E-state index is 10.4. The molecular weight excluding hydrogens is 1230 g/mol. The second-order valence-electron chi connectivity index (χ2n) is 13.0. The summed E-state index contributed by atoms with van der Waals surface area (Å²) in [5, 5.41) is 0. The second kappa shape index (κ2) is 40.2. The third kappa shape index (κ3) is 38.2. The minimum atomic E-state index is -0.162. The van der Waals surface area contributed by atoms with E-state index in [0.29, 0.717) is 0 Å². The predicted molar refractivity (Wildman–Crippen MR) is 244 cm³/mol. The van der Waals surface area contributed by atoms with Crippen LogP contribution >= 0.6 is 0 Å². The van der Waals surface area contributed by atoms with Crippen LogP contribution in [0.15, 0.2) is 174 Å². The van der Waals surface area contributed by atoms with Gasteiger partial charge in [-0.1, -0.05) is 152 Å². The number of hydrogen-bond acceptors (Lipinski definition) is 6. The number of rotatable bonds is 0. The third-order valence-corrected chi connectivity index (χ3v) is 6.92. The fourth-order valence-electron chi connectivity index (χ4n) is 4.17. The number of aryl methyl sites for hydroxylation is 8. The summed E-state index contributed by atoms with van der Waals surface area (Å²) in [7, 11) is 0. The van der Waals surface area contributed by atoms with Crippen LogP contribution in [0, 0.1) is 55.4 Å². The van der Waals surface area contributed by atoms with Gasteiger partial charge in [-0.05, 0) is 36.4 Å². The van der Waals surface area contributed by atoms with Crippen LogP contribution in [0.2, 0.25) is 0 Å². The quantitative estimate of drug-likeness (QED) is 0.155. The number of nitrogens with zero attached hydrogens (tertiary/aromatic N) is 8. The fraction of sp³-hybridized carbons (Fsp3) is 0.167. The molecule has 0 bridgehead atoms. The van der Waals surface area contributed by atoms with Crippen LogP contribution in [0.5, 0.6) is 0 Å². The Hall–Kier alpha value is -5.91. The molecule has 0 atom stereocenters. The van der Waals surface area contributed by atoms with Crippen molar-refractivity contribution < 1.29 is 87.5 Å². The number of pyridine rings is 8. The topological polar surface area (TPSA) is 258 Å². The molecule has 4 radical (unpaired) electrons. The van der Waals surface area contributed by atoms with E-state index >= 15 is 0 Å². The van der Waals surface area contributed by atoms with E-state index in [1.807, 2.05) is 26.0 Å². The van der Waals surface area contributed by atoms with Crippen LogP contribution in [-0.2, 0) is 77.9 Å². The first-order chi connectivity index (χ1) is 30.3. The summed E-state index contributed by atoms with van der Waals surface area (Å²) in [4.78, 5) is 109. The molecule has 0 aromatic carbocycles. The Kier molecular flexibility index (Phi) is 40.6. The molecule has 20 heteroatoms. The predicted octanol–water partition coefficient (Wildman–Crippen LogP) is 1.78. The van der Waals surface area contributed by atoms with Gasteiger partial charge in [0.1, 0.15) is 0 Å². The summed E-state index contributed by atoms with van der Waals surface area (Å²) < 4.78 is 0. The molecule has 0 spiro atoms. The van der Waals surface area contributed by atoms with Crippen LogP contribution in [0.1, 0.15) is 45.6 Å². The summed E-state index contributed by atoms with van der Waals surface area (Å²) in [6.45, 7) is 14.4. The molecule has 0 fully saturated rings. The Morgan fingerprint density at radius 1 is 0.235 bits per heavy atom. The zero-order valence-corrected chi connectivity index (χ0v) is 44.7. The Morgan fingerprint density at radius 2 is 0.368 bits per heavy atom. The SMILES string of the molecule is Cc1cccc(=O)[n-]1.Cc1cccc(=O)[n-]1.Cc1cccc(=O)[n-]1.Cc1cccc(=O)[n-]1.Cc1cccc(=O)[n-]1.Cc1cccc(=O)[n-]1.Cc1cccc(=[OH+])[n-]1.Cc1cccc(=[OH+])[n-]1.[Rh+2].[Rh+2].[Rh+2].[Rh+2]. The molecule has 8 aromatic rings. The first-order valence-electron chi connectivity index (χ1n) is 19.2. The van der Waals surface area contributed by atoms with E-state index in [0.717, 1.165) is 45.6 Å². The normalized spacial score (nSPS) is 8.59. The molecular formula is C48H50N8O8Rh4+2. The Morgan fingerprint density at radius 3 is 0.441 bits per heavy atom. The van der Waals surface area contributed by atoms with E-state index in [9.17, 15) is 28.8 Å². The van der Waals surface area contributed by atoms with Crippen LogP contribution < -0.4 is 84.3 Å². The molecule has 0 aliphatic carbocycles. The van der Waals surface area contributed by atoms with E-state index in [-0.39, 0.29) is 122 Å². The molecule has 0 aliphatic rings. The van der Waals surface area contributed by atoms with Crippen LogP contribution in [-0.4, -0.2) is 9.59 Å². The molecule has 68 heavy (non-hydrogen) atoms. The van der Waals surface area contributed by atoms with Crippen LogP contribution in [0.3, 0.4) is 0 Å². The molecule has 8 rings (SSSR count). The van der Waals surface area contributed by atoms with Crippen molar-refractivity contribution in [2.45, 2.75) is 55.4 Å². The molecule has 0 saturated carbocycles. The summed E-state index contributed by atoms with van der Waals surface area (Å²) in [5.74, 6) is 0. The third-order valence-electron chi connectivity index (χ3n) is 6.92. The molecule has 8 heterocycles. The van der Waals surface area contributed by atoms with Crippen molar-refractivity contribution in [3.05, 3.63) is 264 Å². The van der Waals surface area contributed by atoms with E-state index in [1.165, 1.54) is 36.4 Å². The average molecular weight is 1280 g/mol. The van der Waals surface area contributed by atoms with Gasteiger partial charge in [0.25, 0.3) is 11.1 Å². The van der Waals surface area contributed by atoms with Crippen molar-refractivity contribution in [1.29, 1.82) is 0 Å². The van der Waals surface area contributed by atoms with Crippen LogP contribution in [0.25, 0.3) is 0 Å². The Balaban J connectivity index is -0.000000341. The van der Waals surface area contributed by atoms with Crippen LogP contribution in [0.4, 0.5) is 0 Å². The van der Waals surface area contributed by atoms with Gasteiger partial charge >= 0.3 is 77.9 Å². The summed E-state index contributed by atoms with van der Waals surface area (Å²) in [6, 6.07) is 39.9. The van der Waals surface area contributed by atoms with E-state index < -0.39 is 0 Å². The van der Waals surface area contributed by atoms with Gasteiger partial charge in [0.05, 0.1) is 33.4 Å². The maximum atomic E-state index is 10.4. The molecule has 2 N–H and O–H groups in total. The minimum absolute atomic E-state index is 0. The van der Waals surface area contributed by atoms with Crippen molar-refractivity contribution in [1.82, 2.24) is 39.9 Å². The maximum Gasteiger partial charge on any atom is 2.00 e. The number of aromatic nitrogens is 8. The average Bonchev–Trinajstić information content (AvgIpc) is 3.19. The van der Waals surface area contributed by atoms with Crippen molar-refractivity contribution in [3.63, 3.8) is 0 Å². The van der Waals surface area contributed by atoms with Crippen molar-refractivity contribution >= 4 is 0 Å². The van der Waals surface area contributed by atoms with Gasteiger partial charge in [-0.2, -0.15) is 45.6 Å². The molecule has 8 aromatic heterocycles. The second-order valence-corrected chi connectivity index (χ2v) is 13.0. The van der Waals surface area contributed by atoms with Crippen molar-refractivity contribution in [2.75, 3.05) is 0 Å². The molecule has 0 amide bonds. The zero-order valence-electron chi connectivity index (χ0n) is 38.1. The van der Waals surface area contributed by atoms with E-state index in [2.05, 4.69) is 39.9 Å².